The molecule has 0 aliphatic carbocycles. The number of methoxy groups -OCH3 is 3. The van der Waals surface area contributed by atoms with Crippen LogP contribution in [0, 0.1) is 0 Å². The molecule has 0 bridgehead atoms. The highest BCUT2D eigenvalue weighted by atomic mass is 16.5. The number of nitrogens with zero attached hydrogens (tertiary/aromatic N) is 1. The molecule has 4 rings (SSSR count). The van der Waals surface area contributed by atoms with Crippen molar-refractivity contribution in [3.8, 4) is 28.7 Å². The predicted octanol–water partition coefficient (Wildman–Crippen LogP) is 7.52. The van der Waals surface area contributed by atoms with Gasteiger partial charge in [-0.3, -0.25) is 4.79 Å². The summed E-state index contributed by atoms with van der Waals surface area (Å²) in [5.74, 6) is 2.04. The Balaban J connectivity index is 1.38. The van der Waals surface area contributed by atoms with Crippen LogP contribution in [0.5, 0.6) is 28.7 Å². The Hall–Kier alpha value is -4.23. The van der Waals surface area contributed by atoms with Crippen molar-refractivity contribution in [2.45, 2.75) is 38.5 Å². The number of aromatic hydroxyl groups is 1. The van der Waals surface area contributed by atoms with Crippen LogP contribution in [0.2, 0.25) is 0 Å². The van der Waals surface area contributed by atoms with Gasteiger partial charge in [0.05, 0.1) is 33.5 Å². The van der Waals surface area contributed by atoms with Gasteiger partial charge in [0.2, 0.25) is 0 Å². The zero-order valence-electron chi connectivity index (χ0n) is 25.5. The summed E-state index contributed by atoms with van der Waals surface area (Å²) in [6.07, 6.45) is 14.6. The summed E-state index contributed by atoms with van der Waals surface area (Å²) in [5.41, 5.74) is 2.71. The first-order chi connectivity index (χ1) is 21.0. The van der Waals surface area contributed by atoms with Crippen LogP contribution < -0.4 is 18.9 Å². The third-order valence-corrected chi connectivity index (χ3v) is 7.65. The Morgan fingerprint density at radius 3 is 2.23 bits per heavy atom. The highest BCUT2D eigenvalue weighted by Gasteiger charge is 2.13. The van der Waals surface area contributed by atoms with Crippen LogP contribution in [-0.4, -0.2) is 63.4 Å². The summed E-state index contributed by atoms with van der Waals surface area (Å²) in [5, 5.41) is 10.3. The van der Waals surface area contributed by atoms with Crippen molar-refractivity contribution in [1.29, 1.82) is 0 Å². The lowest BCUT2D eigenvalue weighted by atomic mass is 10.0. The van der Waals surface area contributed by atoms with E-state index in [2.05, 4.69) is 4.90 Å². The molecule has 0 saturated carbocycles. The van der Waals surface area contributed by atoms with Gasteiger partial charge < -0.3 is 29.0 Å². The van der Waals surface area contributed by atoms with Gasteiger partial charge in [-0.25, -0.2) is 0 Å². The molecular weight excluding hydrogens is 542 g/mol. The summed E-state index contributed by atoms with van der Waals surface area (Å²) < 4.78 is 22.2. The van der Waals surface area contributed by atoms with Crippen LogP contribution in [-0.2, 0) is 0 Å². The molecule has 0 atom stereocenters. The summed E-state index contributed by atoms with van der Waals surface area (Å²) in [6.45, 7) is 4.45. The molecule has 0 radical (unpaired) electrons. The Labute approximate surface area is 255 Å². The van der Waals surface area contributed by atoms with Crippen molar-refractivity contribution >= 4 is 24.0 Å². The van der Waals surface area contributed by atoms with Gasteiger partial charge in [0.1, 0.15) is 28.7 Å². The molecule has 3 aromatic carbocycles. The molecule has 1 saturated heterocycles. The van der Waals surface area contributed by atoms with Gasteiger partial charge in [-0.1, -0.05) is 30.7 Å². The molecule has 1 fully saturated rings. The average Bonchev–Trinajstić information content (AvgIpc) is 3.04. The summed E-state index contributed by atoms with van der Waals surface area (Å²) in [4.78, 5) is 15.5. The minimum atomic E-state index is -0.342. The lowest BCUT2D eigenvalue weighted by molar-refractivity contribution is 0.104. The van der Waals surface area contributed by atoms with Crippen molar-refractivity contribution in [1.82, 2.24) is 4.90 Å². The molecule has 1 N–H and O–H groups in total. The van der Waals surface area contributed by atoms with Crippen molar-refractivity contribution in [3.05, 3.63) is 82.9 Å². The van der Waals surface area contributed by atoms with E-state index in [1.54, 1.807) is 32.4 Å². The van der Waals surface area contributed by atoms with Gasteiger partial charge in [0.15, 0.2) is 5.78 Å². The van der Waals surface area contributed by atoms with E-state index in [1.807, 2.05) is 42.5 Å². The van der Waals surface area contributed by atoms with Crippen LogP contribution >= 0.6 is 0 Å². The Kier molecular flexibility index (Phi) is 12.1. The Morgan fingerprint density at radius 1 is 0.791 bits per heavy atom. The second kappa shape index (κ2) is 16.4. The fourth-order valence-electron chi connectivity index (χ4n) is 5.17. The van der Waals surface area contributed by atoms with Crippen LogP contribution in [0.15, 0.2) is 60.7 Å². The number of hydrogen-bond donors (Lipinski definition) is 1. The molecule has 1 heterocycles. The van der Waals surface area contributed by atoms with E-state index in [9.17, 15) is 9.90 Å². The van der Waals surface area contributed by atoms with Crippen molar-refractivity contribution in [3.63, 3.8) is 0 Å². The lowest BCUT2D eigenvalue weighted by Gasteiger charge is -2.26. The van der Waals surface area contributed by atoms with Crippen LogP contribution in [0.1, 0.15) is 65.6 Å². The number of hydrogen-bond acceptors (Lipinski definition) is 7. The number of benzene rings is 3. The molecule has 0 aromatic heterocycles. The summed E-state index contributed by atoms with van der Waals surface area (Å²) in [7, 11) is 4.67. The summed E-state index contributed by atoms with van der Waals surface area (Å²) >= 11 is 0. The zero-order valence-corrected chi connectivity index (χ0v) is 25.5. The van der Waals surface area contributed by atoms with Crippen LogP contribution in [0.4, 0.5) is 0 Å². The standard InChI is InChI=1S/C36H43NO6/c1-40-30-16-17-33(35(39)25-30)34(38)19-18-32-28(24-31(41-2)26-36(32)42-3)13-10-27-11-14-29(15-12-27)43-23-9-5-8-22-37-20-6-4-7-21-37/h10-19,24-26,39H,4-9,20-23H2,1-3H3/b13-10+,19-18+. The third-order valence-electron chi connectivity index (χ3n) is 7.65. The number of phenols is 1. The smallest absolute Gasteiger partial charge is 0.189 e. The van der Waals surface area contributed by atoms with Crippen molar-refractivity contribution in [2.24, 2.45) is 0 Å². The van der Waals surface area contributed by atoms with Gasteiger partial charge >= 0.3 is 0 Å². The quantitative estimate of drug-likeness (QED) is 0.0855. The highest BCUT2D eigenvalue weighted by Crippen LogP contribution is 2.32. The van der Waals surface area contributed by atoms with E-state index in [-0.39, 0.29) is 17.1 Å². The van der Waals surface area contributed by atoms with Crippen molar-refractivity contribution < 1.29 is 28.8 Å². The number of piperidine rings is 1. The molecule has 0 amide bonds. The lowest BCUT2D eigenvalue weighted by Crippen LogP contribution is -2.30. The summed E-state index contributed by atoms with van der Waals surface area (Å²) in [6, 6.07) is 16.3. The van der Waals surface area contributed by atoms with Crippen molar-refractivity contribution in [2.75, 3.05) is 47.6 Å². The molecule has 3 aromatic rings. The van der Waals surface area contributed by atoms with E-state index < -0.39 is 0 Å². The number of carbonyl (C=O) groups is 1. The minimum absolute atomic E-state index is 0.142. The van der Waals surface area contributed by atoms with Gasteiger partial charge in [-0.05, 0) is 105 Å². The number of ketones is 1. The Bertz CT molecular complexity index is 1390. The highest BCUT2D eigenvalue weighted by molar-refractivity contribution is 6.09. The first kappa shape index (κ1) is 31.7. The molecule has 0 spiro atoms. The van der Waals surface area contributed by atoms with Crippen LogP contribution in [0.3, 0.4) is 0 Å². The number of phenolic OH excluding ortho intramolecular Hbond substituents is 1. The predicted molar refractivity (Wildman–Crippen MR) is 173 cm³/mol. The van der Waals surface area contributed by atoms with E-state index in [0.717, 1.165) is 29.9 Å². The monoisotopic (exact) mass is 585 g/mol. The number of ether oxygens (including phenoxy) is 4. The zero-order chi connectivity index (χ0) is 30.4. The minimum Gasteiger partial charge on any atom is -0.507 e. The first-order valence-corrected chi connectivity index (χ1v) is 15.0. The second-order valence-corrected chi connectivity index (χ2v) is 10.6. The second-order valence-electron chi connectivity index (χ2n) is 10.6. The molecule has 7 nitrogen and oxygen atoms in total. The van der Waals surface area contributed by atoms with E-state index in [1.165, 1.54) is 77.1 Å². The molecule has 0 unspecified atom stereocenters. The number of rotatable bonds is 15. The van der Waals surface area contributed by atoms with E-state index >= 15 is 0 Å². The fourth-order valence-corrected chi connectivity index (χ4v) is 5.17. The van der Waals surface area contributed by atoms with Gasteiger partial charge in [-0.15, -0.1) is 0 Å². The first-order valence-electron chi connectivity index (χ1n) is 15.0. The molecule has 7 heteroatoms. The van der Waals surface area contributed by atoms with E-state index in [0.29, 0.717) is 22.8 Å². The van der Waals surface area contributed by atoms with E-state index in [4.69, 9.17) is 18.9 Å². The number of unbranched alkanes of at least 4 members (excludes halogenated alkanes) is 2. The molecule has 228 valence electrons. The largest absolute Gasteiger partial charge is 0.507 e. The SMILES string of the molecule is COc1ccc(C(=O)/C=C/c2c(/C=C/c3ccc(OCCCCCN4CCCCC4)cc3)cc(OC)cc2OC)c(O)c1. The topological polar surface area (TPSA) is 77.5 Å². The van der Waals surface area contributed by atoms with Crippen LogP contribution in [0.25, 0.3) is 18.2 Å². The maximum absolute atomic E-state index is 12.9. The molecule has 43 heavy (non-hydrogen) atoms. The average molecular weight is 586 g/mol. The third kappa shape index (κ3) is 9.38. The maximum atomic E-state index is 12.9. The number of carbonyl (C=O) groups excluding carboxylic acids is 1. The number of allylic oxidation sites excluding steroid dienone is 1. The molecule has 1 aliphatic heterocycles. The van der Waals surface area contributed by atoms with Gasteiger partial charge in [-0.2, -0.15) is 0 Å². The normalized spacial score (nSPS) is 13.8. The molecule has 1 aliphatic rings. The van der Waals surface area contributed by atoms with Gasteiger partial charge in [0, 0.05) is 17.7 Å². The fraction of sp³-hybridized carbons (Fsp3) is 0.361. The Morgan fingerprint density at radius 2 is 1.53 bits per heavy atom. The maximum Gasteiger partial charge on any atom is 0.189 e. The van der Waals surface area contributed by atoms with Gasteiger partial charge in [0.25, 0.3) is 0 Å². The molecular formula is C36H43NO6. The number of likely N-dealkylation sites (tertiary alicyclic amines) is 1.